The van der Waals surface area contributed by atoms with Gasteiger partial charge in [0.05, 0.1) is 16.8 Å². The number of H-pyrrole nitrogens is 1. The van der Waals surface area contributed by atoms with Crippen LogP contribution >= 0.6 is 15.9 Å². The molecule has 108 valence electrons. The third-order valence-electron chi connectivity index (χ3n) is 2.95. The minimum absolute atomic E-state index is 0.264. The number of nitrogens with one attached hydrogen (secondary N) is 1. The average molecular weight is 345 g/mol. The van der Waals surface area contributed by atoms with Crippen molar-refractivity contribution in [1.29, 1.82) is 0 Å². The van der Waals surface area contributed by atoms with E-state index in [0.717, 1.165) is 35.9 Å². The van der Waals surface area contributed by atoms with Gasteiger partial charge in [-0.05, 0) is 53.4 Å². The molecule has 1 aromatic heterocycles. The van der Waals surface area contributed by atoms with Crippen molar-refractivity contribution in [2.45, 2.75) is 25.4 Å². The van der Waals surface area contributed by atoms with Gasteiger partial charge in [-0.3, -0.25) is 5.10 Å². The van der Waals surface area contributed by atoms with E-state index in [1.165, 1.54) is 6.07 Å². The van der Waals surface area contributed by atoms with Crippen LogP contribution in [0.2, 0.25) is 0 Å². The van der Waals surface area contributed by atoms with E-state index >= 15 is 0 Å². The Morgan fingerprint density at radius 1 is 1.30 bits per heavy atom. The number of ether oxygens (including phenoxy) is 1. The normalized spacial score (nSPS) is 18.2. The molecule has 0 aliphatic carbocycles. The highest BCUT2D eigenvalue weighted by atomic mass is 79.9. The van der Waals surface area contributed by atoms with Gasteiger partial charge in [0.2, 0.25) is 0 Å². The maximum Gasteiger partial charge on any atom is 0.129 e. The van der Waals surface area contributed by atoms with Crippen molar-refractivity contribution in [3.63, 3.8) is 0 Å². The number of nitrogens with zero attached hydrogens (tertiary/aromatic N) is 1. The molecule has 0 bridgehead atoms. The van der Waals surface area contributed by atoms with Gasteiger partial charge < -0.3 is 4.74 Å². The van der Waals surface area contributed by atoms with Crippen molar-refractivity contribution < 1.29 is 13.5 Å². The fourth-order valence-corrected chi connectivity index (χ4v) is 2.19. The van der Waals surface area contributed by atoms with E-state index in [-0.39, 0.29) is 11.9 Å². The lowest BCUT2D eigenvalue weighted by Crippen LogP contribution is -2.13. The zero-order chi connectivity index (χ0) is 14.4. The highest BCUT2D eigenvalue weighted by Gasteiger charge is 2.19. The SMILES string of the molecule is Brc1cn[nH]c1.Fc1ccc(F)c(C2CCCCO2)c1. The molecule has 0 amide bonds. The van der Waals surface area contributed by atoms with Gasteiger partial charge in [-0.15, -0.1) is 0 Å². The number of hydrogen-bond acceptors (Lipinski definition) is 2. The van der Waals surface area contributed by atoms with Crippen molar-refractivity contribution in [3.8, 4) is 0 Å². The summed E-state index contributed by atoms with van der Waals surface area (Å²) in [4.78, 5) is 0. The van der Waals surface area contributed by atoms with Gasteiger partial charge in [-0.2, -0.15) is 5.10 Å². The Labute approximate surface area is 124 Å². The van der Waals surface area contributed by atoms with Crippen LogP contribution in [-0.4, -0.2) is 16.8 Å². The predicted octanol–water partition coefficient (Wildman–Crippen LogP) is 4.38. The fourth-order valence-electron chi connectivity index (χ4n) is 1.98. The molecule has 20 heavy (non-hydrogen) atoms. The molecule has 2 heterocycles. The number of benzene rings is 1. The Kier molecular flexibility index (Phi) is 5.67. The Hall–Kier alpha value is -1.27. The highest BCUT2D eigenvalue weighted by Crippen LogP contribution is 2.29. The zero-order valence-electron chi connectivity index (χ0n) is 10.8. The molecule has 1 aromatic carbocycles. The molecule has 2 aromatic rings. The summed E-state index contributed by atoms with van der Waals surface area (Å²) in [5.41, 5.74) is 0.352. The third-order valence-corrected chi connectivity index (χ3v) is 3.38. The van der Waals surface area contributed by atoms with Gasteiger partial charge in [0.15, 0.2) is 0 Å². The van der Waals surface area contributed by atoms with Crippen LogP contribution in [0.4, 0.5) is 8.78 Å². The monoisotopic (exact) mass is 344 g/mol. The van der Waals surface area contributed by atoms with Crippen molar-refractivity contribution >= 4 is 15.9 Å². The minimum atomic E-state index is -0.407. The zero-order valence-corrected chi connectivity index (χ0v) is 12.4. The molecular weight excluding hydrogens is 330 g/mol. The molecule has 0 radical (unpaired) electrons. The van der Waals surface area contributed by atoms with Gasteiger partial charge in [-0.25, -0.2) is 8.78 Å². The Balaban J connectivity index is 0.000000205. The number of aromatic amines is 1. The van der Waals surface area contributed by atoms with Gasteiger partial charge in [0.25, 0.3) is 0 Å². The number of rotatable bonds is 1. The second-order valence-electron chi connectivity index (χ2n) is 4.44. The van der Waals surface area contributed by atoms with Crippen LogP contribution < -0.4 is 0 Å². The molecule has 1 unspecified atom stereocenters. The number of hydrogen-bond donors (Lipinski definition) is 1. The molecule has 1 atom stereocenters. The van der Waals surface area contributed by atoms with Crippen LogP contribution in [0, 0.1) is 11.6 Å². The summed E-state index contributed by atoms with van der Waals surface area (Å²) in [6.45, 7) is 0.640. The topological polar surface area (TPSA) is 37.9 Å². The van der Waals surface area contributed by atoms with Crippen LogP contribution in [0.3, 0.4) is 0 Å². The third kappa shape index (κ3) is 4.38. The summed E-state index contributed by atoms with van der Waals surface area (Å²) in [6.07, 6.45) is 5.99. The smallest absolute Gasteiger partial charge is 0.129 e. The quantitative estimate of drug-likeness (QED) is 0.833. The molecule has 1 aliphatic rings. The van der Waals surface area contributed by atoms with Gasteiger partial charge in [-0.1, -0.05) is 0 Å². The largest absolute Gasteiger partial charge is 0.373 e. The lowest BCUT2D eigenvalue weighted by Gasteiger charge is -2.23. The van der Waals surface area contributed by atoms with Crippen LogP contribution in [-0.2, 0) is 4.74 Å². The molecule has 1 fully saturated rings. The molecule has 6 heteroatoms. The molecule has 1 saturated heterocycles. The summed E-state index contributed by atoms with van der Waals surface area (Å²) in [5.74, 6) is -0.783. The number of halogens is 3. The van der Waals surface area contributed by atoms with Crippen LogP contribution in [0.5, 0.6) is 0 Å². The van der Waals surface area contributed by atoms with Crippen molar-refractivity contribution in [2.75, 3.05) is 6.61 Å². The second-order valence-corrected chi connectivity index (χ2v) is 5.35. The van der Waals surface area contributed by atoms with Crippen molar-refractivity contribution in [3.05, 3.63) is 52.3 Å². The van der Waals surface area contributed by atoms with E-state index in [1.54, 1.807) is 12.4 Å². The number of aromatic nitrogens is 2. The first-order chi connectivity index (χ1) is 9.66. The summed E-state index contributed by atoms with van der Waals surface area (Å²) in [7, 11) is 0. The first kappa shape index (κ1) is 15.1. The highest BCUT2D eigenvalue weighted by molar-refractivity contribution is 9.10. The van der Waals surface area contributed by atoms with Gasteiger partial charge in [0.1, 0.15) is 11.6 Å². The molecule has 3 rings (SSSR count). The molecule has 0 spiro atoms. The Morgan fingerprint density at radius 3 is 2.70 bits per heavy atom. The molecule has 0 saturated carbocycles. The second kappa shape index (κ2) is 7.50. The molecular formula is C14H15BrF2N2O. The van der Waals surface area contributed by atoms with E-state index in [9.17, 15) is 8.78 Å². The fraction of sp³-hybridized carbons (Fsp3) is 0.357. The van der Waals surface area contributed by atoms with Crippen molar-refractivity contribution in [1.82, 2.24) is 10.2 Å². The van der Waals surface area contributed by atoms with Crippen LogP contribution in [0.25, 0.3) is 0 Å². The lowest BCUT2D eigenvalue weighted by molar-refractivity contribution is 0.0126. The Morgan fingerprint density at radius 2 is 2.15 bits per heavy atom. The lowest BCUT2D eigenvalue weighted by atomic mass is 10.0. The predicted molar refractivity (Wildman–Crippen MR) is 75.2 cm³/mol. The first-order valence-electron chi connectivity index (χ1n) is 6.37. The van der Waals surface area contributed by atoms with E-state index in [0.29, 0.717) is 12.2 Å². The Bertz CT molecular complexity index is 528. The maximum absolute atomic E-state index is 13.3. The minimum Gasteiger partial charge on any atom is -0.373 e. The molecule has 1 N–H and O–H groups in total. The summed E-state index contributed by atoms with van der Waals surface area (Å²) < 4.78 is 32.6. The van der Waals surface area contributed by atoms with Gasteiger partial charge >= 0.3 is 0 Å². The first-order valence-corrected chi connectivity index (χ1v) is 7.17. The van der Waals surface area contributed by atoms with E-state index in [2.05, 4.69) is 26.1 Å². The summed E-state index contributed by atoms with van der Waals surface area (Å²) in [5, 5.41) is 6.28. The van der Waals surface area contributed by atoms with E-state index < -0.39 is 5.82 Å². The molecule has 1 aliphatic heterocycles. The van der Waals surface area contributed by atoms with Crippen molar-refractivity contribution in [2.24, 2.45) is 0 Å². The van der Waals surface area contributed by atoms with Crippen LogP contribution in [0.15, 0.2) is 35.1 Å². The molecule has 3 nitrogen and oxygen atoms in total. The average Bonchev–Trinajstić information content (AvgIpc) is 2.94. The van der Waals surface area contributed by atoms with Crippen LogP contribution in [0.1, 0.15) is 30.9 Å². The summed E-state index contributed by atoms with van der Waals surface area (Å²) in [6, 6.07) is 3.51. The van der Waals surface area contributed by atoms with E-state index in [1.807, 2.05) is 0 Å². The maximum atomic E-state index is 13.3. The standard InChI is InChI=1S/C11H12F2O.C3H3BrN2/c12-8-4-5-10(13)9(7-8)11-3-1-2-6-14-11;4-3-1-5-6-2-3/h4-5,7,11H,1-3,6H2;1-2H,(H,5,6). The van der Waals surface area contributed by atoms with E-state index in [4.69, 9.17) is 4.74 Å². The summed E-state index contributed by atoms with van der Waals surface area (Å²) >= 11 is 3.19. The van der Waals surface area contributed by atoms with Gasteiger partial charge in [0, 0.05) is 18.4 Å².